The average Bonchev–Trinajstić information content (AvgIpc) is 2.95. The van der Waals surface area contributed by atoms with Crippen molar-refractivity contribution in [2.24, 2.45) is 0 Å². The maximum absolute atomic E-state index is 13.3. The Morgan fingerprint density at radius 1 is 0.976 bits per heavy atom. The number of nitrogens with one attached hydrogen (secondary N) is 1. The van der Waals surface area contributed by atoms with Crippen LogP contribution in [0.25, 0.3) is 0 Å². The van der Waals surface area contributed by atoms with Crippen molar-refractivity contribution in [1.29, 1.82) is 0 Å². The monoisotopic (exact) mass is 602 g/mol. The first-order valence-corrected chi connectivity index (χ1v) is 13.7. The Kier molecular flexibility index (Phi) is 9.53. The number of ether oxygens (including phenoxy) is 1. The second-order valence-electron chi connectivity index (χ2n) is 10.5. The van der Waals surface area contributed by atoms with Gasteiger partial charge in [-0.1, -0.05) is 6.92 Å². The van der Waals surface area contributed by atoms with Crippen molar-refractivity contribution in [3.63, 3.8) is 0 Å². The minimum atomic E-state index is -4.86. The first-order valence-electron chi connectivity index (χ1n) is 13.7. The Morgan fingerprint density at radius 3 is 2.12 bits per heavy atom. The number of anilines is 2. The van der Waals surface area contributed by atoms with Crippen LogP contribution in [0.1, 0.15) is 50.2 Å². The van der Waals surface area contributed by atoms with Gasteiger partial charge in [0, 0.05) is 49.7 Å². The van der Waals surface area contributed by atoms with E-state index in [0.717, 1.165) is 24.3 Å². The topological polar surface area (TPSA) is 87.9 Å². The average molecular weight is 603 g/mol. The smallest absolute Gasteiger partial charge is 0.382 e. The van der Waals surface area contributed by atoms with Crippen LogP contribution in [-0.2, 0) is 21.9 Å². The van der Waals surface area contributed by atoms with Crippen molar-refractivity contribution < 1.29 is 40.8 Å². The number of benzene rings is 2. The maximum atomic E-state index is 13.3. The molecule has 0 spiro atoms. The van der Waals surface area contributed by atoms with Gasteiger partial charge in [0.1, 0.15) is 11.7 Å². The van der Waals surface area contributed by atoms with Crippen molar-refractivity contribution in [2.75, 3.05) is 36.4 Å². The van der Waals surface area contributed by atoms with Crippen LogP contribution >= 0.6 is 0 Å². The molecule has 2 aromatic rings. The number of alkyl halides is 6. The number of amides is 1. The summed E-state index contributed by atoms with van der Waals surface area (Å²) in [6.07, 6.45) is -7.32. The van der Waals surface area contributed by atoms with Crippen LogP contribution in [0.2, 0.25) is 0 Å². The quantitative estimate of drug-likeness (QED) is 0.211. The number of piperazine rings is 1. The molecule has 2 fully saturated rings. The van der Waals surface area contributed by atoms with Crippen molar-refractivity contribution in [3.05, 3.63) is 63.7 Å². The summed E-state index contributed by atoms with van der Waals surface area (Å²) in [4.78, 5) is 26.8. The Balaban J connectivity index is 1.26. The van der Waals surface area contributed by atoms with Gasteiger partial charge >= 0.3 is 12.4 Å². The zero-order chi connectivity index (χ0) is 30.7. The van der Waals surface area contributed by atoms with E-state index in [2.05, 4.69) is 5.32 Å². The van der Waals surface area contributed by atoms with E-state index >= 15 is 0 Å². The molecule has 1 amide bonds. The summed E-state index contributed by atoms with van der Waals surface area (Å²) < 4.78 is 84.6. The van der Waals surface area contributed by atoms with Gasteiger partial charge in [-0.15, -0.1) is 0 Å². The lowest BCUT2D eigenvalue weighted by Crippen LogP contribution is -2.52. The lowest BCUT2D eigenvalue weighted by Gasteiger charge is -2.38. The summed E-state index contributed by atoms with van der Waals surface area (Å²) in [5.41, 5.74) is -2.21. The predicted octanol–water partition coefficient (Wildman–Crippen LogP) is 6.50. The molecule has 0 bridgehead atoms. The molecule has 42 heavy (non-hydrogen) atoms. The lowest BCUT2D eigenvalue weighted by atomic mass is 9.92. The molecule has 8 nitrogen and oxygen atoms in total. The van der Waals surface area contributed by atoms with E-state index in [1.165, 1.54) is 18.2 Å². The Bertz CT molecular complexity index is 1240. The molecule has 0 radical (unpaired) electrons. The minimum absolute atomic E-state index is 0.143. The molecular formula is C28H32F6N4O4. The van der Waals surface area contributed by atoms with E-state index in [1.807, 2.05) is 11.8 Å². The molecule has 2 aromatic carbocycles. The van der Waals surface area contributed by atoms with Crippen molar-refractivity contribution in [2.45, 2.75) is 69.6 Å². The fourth-order valence-electron chi connectivity index (χ4n) is 5.40. The number of hydrogen-bond donors (Lipinski definition) is 1. The molecule has 14 heteroatoms. The van der Waals surface area contributed by atoms with Crippen LogP contribution in [0.3, 0.4) is 0 Å². The van der Waals surface area contributed by atoms with Crippen molar-refractivity contribution in [1.82, 2.24) is 4.90 Å². The molecule has 1 atom stereocenters. The molecule has 1 aliphatic heterocycles. The molecule has 1 saturated carbocycles. The first kappa shape index (κ1) is 31.4. The lowest BCUT2D eigenvalue weighted by molar-refractivity contribution is -0.388. The van der Waals surface area contributed by atoms with Gasteiger partial charge in [-0.3, -0.25) is 14.9 Å². The van der Waals surface area contributed by atoms with E-state index < -0.39 is 40.2 Å². The molecule has 1 unspecified atom stereocenters. The largest absolute Gasteiger partial charge is 0.423 e. The van der Waals surface area contributed by atoms with Gasteiger partial charge in [0.15, 0.2) is 0 Å². The van der Waals surface area contributed by atoms with E-state index in [0.29, 0.717) is 64.0 Å². The van der Waals surface area contributed by atoms with Gasteiger partial charge < -0.3 is 19.9 Å². The number of nitro groups is 1. The number of carbonyl (C=O) groups excluding carboxylic acids is 1. The van der Waals surface area contributed by atoms with Gasteiger partial charge in [-0.25, -0.2) is 0 Å². The van der Waals surface area contributed by atoms with Crippen LogP contribution < -0.4 is 10.2 Å². The Labute approximate surface area is 238 Å². The fraction of sp³-hybridized carbons (Fsp3) is 0.536. The fourth-order valence-corrected chi connectivity index (χ4v) is 5.40. The van der Waals surface area contributed by atoms with Crippen LogP contribution in [0.4, 0.5) is 43.4 Å². The molecular weight excluding hydrogens is 570 g/mol. The number of nitro benzene ring substituents is 1. The molecule has 230 valence electrons. The zero-order valence-corrected chi connectivity index (χ0v) is 22.9. The maximum Gasteiger partial charge on any atom is 0.423 e. The van der Waals surface area contributed by atoms with E-state index in [4.69, 9.17) is 4.74 Å². The SMILES string of the molecule is CCC(OC1CCC(Nc2ccc([N+](=O)[O-])c(C(F)(F)F)c2)CC1)C(=O)N1CCN(c2ccc(C(F)(F)F)cc2)CC1. The Morgan fingerprint density at radius 2 is 1.60 bits per heavy atom. The van der Waals surface area contributed by atoms with Gasteiger partial charge in [0.25, 0.3) is 11.6 Å². The van der Waals surface area contributed by atoms with Gasteiger partial charge in [-0.2, -0.15) is 26.3 Å². The predicted molar refractivity (Wildman–Crippen MR) is 143 cm³/mol. The summed E-state index contributed by atoms with van der Waals surface area (Å²) in [7, 11) is 0. The van der Waals surface area contributed by atoms with E-state index in [1.54, 1.807) is 4.90 Å². The second-order valence-corrected chi connectivity index (χ2v) is 10.5. The standard InChI is InChI=1S/C28H32F6N4O4/c1-2-25(26(39)37-15-13-36(14-16-37)21-8-3-18(4-9-21)27(29,30)31)42-22-10-5-19(6-11-22)35-20-7-12-24(38(40)41)23(17-20)28(32,33)34/h3-4,7-9,12,17,19,22,25,35H,2,5-6,10-11,13-16H2,1H3. The third kappa shape index (κ3) is 7.64. The third-order valence-electron chi connectivity index (χ3n) is 7.70. The number of nitrogens with zero attached hydrogens (tertiary/aromatic N) is 3. The van der Waals surface area contributed by atoms with Gasteiger partial charge in [0.2, 0.25) is 0 Å². The van der Waals surface area contributed by atoms with Gasteiger partial charge in [-0.05, 0) is 68.5 Å². The molecule has 2 aliphatic rings. The second kappa shape index (κ2) is 12.8. The number of rotatable bonds is 8. The minimum Gasteiger partial charge on any atom is -0.382 e. The van der Waals surface area contributed by atoms with Crippen molar-refractivity contribution in [3.8, 4) is 0 Å². The number of hydrogen-bond acceptors (Lipinski definition) is 6. The number of carbonyl (C=O) groups is 1. The van der Waals surface area contributed by atoms with Gasteiger partial charge in [0.05, 0.1) is 16.6 Å². The van der Waals surface area contributed by atoms with Crippen LogP contribution in [0.5, 0.6) is 0 Å². The highest BCUT2D eigenvalue weighted by Crippen LogP contribution is 2.38. The molecule has 0 aromatic heterocycles. The molecule has 1 saturated heterocycles. The van der Waals surface area contributed by atoms with E-state index in [9.17, 15) is 41.3 Å². The summed E-state index contributed by atoms with van der Waals surface area (Å²) in [6, 6.07) is 7.67. The summed E-state index contributed by atoms with van der Waals surface area (Å²) >= 11 is 0. The zero-order valence-electron chi connectivity index (χ0n) is 22.9. The molecule has 1 N–H and O–H groups in total. The van der Waals surface area contributed by atoms with Crippen LogP contribution in [0, 0.1) is 10.1 Å². The highest BCUT2D eigenvalue weighted by Gasteiger charge is 2.39. The summed E-state index contributed by atoms with van der Waals surface area (Å²) in [6.45, 7) is 3.62. The highest BCUT2D eigenvalue weighted by atomic mass is 19.4. The summed E-state index contributed by atoms with van der Waals surface area (Å²) in [5, 5.41) is 14.0. The normalized spacial score (nSPS) is 20.7. The Hall–Kier alpha value is -3.55. The highest BCUT2D eigenvalue weighted by molar-refractivity contribution is 5.81. The van der Waals surface area contributed by atoms with Crippen LogP contribution in [-0.4, -0.2) is 60.2 Å². The van der Waals surface area contributed by atoms with E-state index in [-0.39, 0.29) is 23.7 Å². The molecule has 1 aliphatic carbocycles. The van der Waals surface area contributed by atoms with Crippen LogP contribution in [0.15, 0.2) is 42.5 Å². The van der Waals surface area contributed by atoms with Crippen molar-refractivity contribution >= 4 is 23.0 Å². The number of halogens is 6. The third-order valence-corrected chi connectivity index (χ3v) is 7.70. The summed E-state index contributed by atoms with van der Waals surface area (Å²) in [5.74, 6) is -0.143. The molecule has 4 rings (SSSR count). The first-order chi connectivity index (χ1) is 19.8. The molecule has 1 heterocycles.